The van der Waals surface area contributed by atoms with Crippen LogP contribution in [-0.2, 0) is 10.0 Å². The Balaban J connectivity index is 1.76. The Morgan fingerprint density at radius 3 is 2.55 bits per heavy atom. The minimum Gasteiger partial charge on any atom is -0.352 e. The van der Waals surface area contributed by atoms with Gasteiger partial charge in [-0.25, -0.2) is 22.2 Å². The average Bonchev–Trinajstić information content (AvgIpc) is 3.69. The highest BCUT2D eigenvalue weighted by atomic mass is 127. The third kappa shape index (κ3) is 4.77. The maximum absolute atomic E-state index is 14.8. The van der Waals surface area contributed by atoms with Crippen LogP contribution in [0.4, 0.5) is 21.6 Å². The number of sulfonamides is 1. The molecule has 2 aliphatic rings. The lowest BCUT2D eigenvalue weighted by Gasteiger charge is -2.32. The molecule has 1 aromatic heterocycles. The summed E-state index contributed by atoms with van der Waals surface area (Å²) in [6.45, 7) is 5.59. The van der Waals surface area contributed by atoms with E-state index in [1.165, 1.54) is 28.2 Å². The molecule has 2 heterocycles. The lowest BCUT2D eigenvalue weighted by Crippen LogP contribution is -2.45. The monoisotopic (exact) mass is 649 g/mol. The van der Waals surface area contributed by atoms with E-state index < -0.39 is 27.1 Å². The first kappa shape index (κ1) is 26.2. The van der Waals surface area contributed by atoms with Gasteiger partial charge in [0.05, 0.1) is 28.5 Å². The van der Waals surface area contributed by atoms with Gasteiger partial charge in [-0.15, -0.1) is 0 Å². The number of rotatable bonds is 7. The Labute approximate surface area is 232 Å². The molecule has 5 rings (SSSR count). The van der Waals surface area contributed by atoms with Crippen molar-refractivity contribution in [3.8, 4) is 5.69 Å². The van der Waals surface area contributed by atoms with Gasteiger partial charge in [-0.3, -0.25) is 14.1 Å². The van der Waals surface area contributed by atoms with Crippen molar-refractivity contribution in [1.29, 1.82) is 0 Å². The van der Waals surface area contributed by atoms with Crippen molar-refractivity contribution >= 4 is 55.5 Å². The van der Waals surface area contributed by atoms with Crippen molar-refractivity contribution < 1.29 is 12.8 Å². The minimum atomic E-state index is -3.56. The highest BCUT2D eigenvalue weighted by Gasteiger charge is 2.35. The molecule has 3 aromatic rings. The van der Waals surface area contributed by atoms with Crippen LogP contribution in [0.15, 0.2) is 70.4 Å². The number of aromatic nitrogens is 2. The summed E-state index contributed by atoms with van der Waals surface area (Å²) < 4.78 is 45.0. The summed E-state index contributed by atoms with van der Waals surface area (Å²) in [4.78, 5) is 29.3. The summed E-state index contributed by atoms with van der Waals surface area (Å²) in [5.74, 6) is -0.361. The number of hydrogen-bond donors (Lipinski definition) is 2. The van der Waals surface area contributed by atoms with E-state index in [0.29, 0.717) is 29.9 Å². The van der Waals surface area contributed by atoms with E-state index >= 15 is 0 Å². The van der Waals surface area contributed by atoms with Crippen LogP contribution in [0.3, 0.4) is 0 Å². The van der Waals surface area contributed by atoms with Crippen LogP contribution in [0.25, 0.3) is 11.4 Å². The molecule has 0 unspecified atom stereocenters. The van der Waals surface area contributed by atoms with Gasteiger partial charge in [-0.1, -0.05) is 12.6 Å². The minimum absolute atomic E-state index is 0.114. The van der Waals surface area contributed by atoms with Crippen molar-refractivity contribution in [2.45, 2.75) is 25.8 Å². The van der Waals surface area contributed by atoms with Crippen molar-refractivity contribution in [2.24, 2.45) is 0 Å². The first-order chi connectivity index (χ1) is 18.0. The maximum Gasteiger partial charge on any atom is 0.337 e. The van der Waals surface area contributed by atoms with Gasteiger partial charge in [0.1, 0.15) is 17.2 Å². The SMILES string of the molecule is C=C1C=C(Nc2ccc(I)cc2F)c2c(n(-c3cccc(NS(=O)(=O)CC)c3)c(=O)n(C3CC3)c2=O)N1C. The summed E-state index contributed by atoms with van der Waals surface area (Å²) in [7, 11) is -1.88. The summed E-state index contributed by atoms with van der Waals surface area (Å²) in [5.41, 5.74) is 0.725. The Hall–Kier alpha value is -3.39. The molecule has 12 heteroatoms. The predicted octanol–water partition coefficient (Wildman–Crippen LogP) is 4.26. The van der Waals surface area contributed by atoms with Crippen LogP contribution in [0.2, 0.25) is 0 Å². The molecule has 2 aromatic carbocycles. The topological polar surface area (TPSA) is 105 Å². The molecule has 0 spiro atoms. The van der Waals surface area contributed by atoms with Crippen LogP contribution in [0, 0.1) is 9.39 Å². The fraction of sp³-hybridized carbons (Fsp3) is 0.231. The average molecular weight is 649 g/mol. The van der Waals surface area contributed by atoms with Gasteiger partial charge in [0.2, 0.25) is 10.0 Å². The summed E-state index contributed by atoms with van der Waals surface area (Å²) in [6, 6.07) is 10.9. The quantitative estimate of drug-likeness (QED) is 0.371. The van der Waals surface area contributed by atoms with Gasteiger partial charge in [0.25, 0.3) is 5.56 Å². The molecule has 1 aliphatic heterocycles. The second-order valence-electron chi connectivity index (χ2n) is 9.14. The molecular formula is C26H25FIN5O4S. The van der Waals surface area contributed by atoms with Crippen LogP contribution in [-0.4, -0.2) is 30.4 Å². The molecule has 1 saturated carbocycles. The zero-order valence-corrected chi connectivity index (χ0v) is 23.6. The molecule has 38 heavy (non-hydrogen) atoms. The van der Waals surface area contributed by atoms with E-state index in [2.05, 4.69) is 16.6 Å². The smallest absolute Gasteiger partial charge is 0.337 e. The van der Waals surface area contributed by atoms with Gasteiger partial charge in [-0.2, -0.15) is 0 Å². The van der Waals surface area contributed by atoms with E-state index in [1.807, 2.05) is 22.6 Å². The third-order valence-electron chi connectivity index (χ3n) is 6.46. The lowest BCUT2D eigenvalue weighted by molar-refractivity contribution is 0.602. The van der Waals surface area contributed by atoms with Gasteiger partial charge in [0.15, 0.2) is 0 Å². The van der Waals surface area contributed by atoms with E-state index in [1.54, 1.807) is 48.4 Å². The van der Waals surface area contributed by atoms with Crippen LogP contribution >= 0.6 is 22.6 Å². The van der Waals surface area contributed by atoms with Crippen molar-refractivity contribution in [3.63, 3.8) is 0 Å². The van der Waals surface area contributed by atoms with E-state index in [-0.39, 0.29) is 34.6 Å². The number of hydrogen-bond acceptors (Lipinski definition) is 6. The fourth-order valence-electron chi connectivity index (χ4n) is 4.32. The number of anilines is 3. The predicted molar refractivity (Wildman–Crippen MR) is 156 cm³/mol. The fourth-order valence-corrected chi connectivity index (χ4v) is 5.40. The molecular weight excluding hydrogens is 624 g/mol. The molecule has 1 aliphatic carbocycles. The molecule has 0 radical (unpaired) electrons. The maximum atomic E-state index is 14.8. The van der Waals surface area contributed by atoms with Crippen molar-refractivity contribution in [3.05, 3.63) is 96.6 Å². The van der Waals surface area contributed by atoms with Crippen LogP contribution < -0.4 is 26.2 Å². The number of nitrogens with one attached hydrogen (secondary N) is 2. The van der Waals surface area contributed by atoms with Gasteiger partial charge < -0.3 is 10.2 Å². The Morgan fingerprint density at radius 2 is 1.89 bits per heavy atom. The highest BCUT2D eigenvalue weighted by Crippen LogP contribution is 2.37. The third-order valence-corrected chi connectivity index (χ3v) is 8.44. The van der Waals surface area contributed by atoms with Gasteiger partial charge >= 0.3 is 5.69 Å². The van der Waals surface area contributed by atoms with Crippen molar-refractivity contribution in [1.82, 2.24) is 9.13 Å². The van der Waals surface area contributed by atoms with E-state index in [9.17, 15) is 22.4 Å². The van der Waals surface area contributed by atoms with Gasteiger partial charge in [0, 0.05) is 22.4 Å². The normalized spacial score (nSPS) is 15.2. The largest absolute Gasteiger partial charge is 0.352 e. The summed E-state index contributed by atoms with van der Waals surface area (Å²) >= 11 is 2.01. The number of halogens is 2. The number of fused-ring (bicyclic) bond motifs is 1. The molecule has 2 N–H and O–H groups in total. The first-order valence-electron chi connectivity index (χ1n) is 11.9. The summed E-state index contributed by atoms with van der Waals surface area (Å²) in [5, 5.41) is 3.03. The highest BCUT2D eigenvalue weighted by molar-refractivity contribution is 14.1. The molecule has 9 nitrogen and oxygen atoms in total. The van der Waals surface area contributed by atoms with Gasteiger partial charge in [-0.05, 0) is 84.8 Å². The molecule has 198 valence electrons. The van der Waals surface area contributed by atoms with Crippen molar-refractivity contribution in [2.75, 3.05) is 27.7 Å². The molecule has 1 fully saturated rings. The number of nitrogens with zero attached hydrogens (tertiary/aromatic N) is 3. The number of likely N-dealkylation sites (N-methyl/N-ethyl adjacent to an activating group) is 1. The number of allylic oxidation sites excluding steroid dienone is 1. The van der Waals surface area contributed by atoms with Crippen LogP contribution in [0.1, 0.15) is 31.4 Å². The van der Waals surface area contributed by atoms with E-state index in [4.69, 9.17) is 0 Å². The second kappa shape index (κ2) is 9.73. The molecule has 0 atom stereocenters. The zero-order valence-electron chi connectivity index (χ0n) is 20.7. The lowest BCUT2D eigenvalue weighted by atomic mass is 10.1. The zero-order chi connectivity index (χ0) is 27.4. The van der Waals surface area contributed by atoms with Crippen LogP contribution in [0.5, 0.6) is 0 Å². The number of benzene rings is 2. The Kier molecular flexibility index (Phi) is 6.71. The Morgan fingerprint density at radius 1 is 1.16 bits per heavy atom. The molecule has 0 amide bonds. The summed E-state index contributed by atoms with van der Waals surface area (Å²) in [6.07, 6.45) is 3.01. The van der Waals surface area contributed by atoms with E-state index in [0.717, 1.165) is 3.57 Å². The second-order valence-corrected chi connectivity index (χ2v) is 12.4. The first-order valence-corrected chi connectivity index (χ1v) is 14.6. The molecule has 0 saturated heterocycles. The Bertz CT molecular complexity index is 1740. The standard InChI is InChI=1S/C26H25FIN5O4S/c1-4-38(36,37)30-17-6-5-7-19(14-17)32-24-23(25(34)33(26(32)35)18-9-10-18)22(12-15(2)31(24)3)29-21-11-8-16(28)13-20(21)27/h5-8,11-14,18,29-30H,2,4,9-10H2,1,3H3. The molecule has 0 bridgehead atoms.